The van der Waals surface area contributed by atoms with Crippen LogP contribution in [-0.2, 0) is 5.41 Å². The van der Waals surface area contributed by atoms with Crippen molar-refractivity contribution < 1.29 is 0 Å². The molecule has 3 rings (SSSR count). The zero-order valence-electron chi connectivity index (χ0n) is 11.9. The van der Waals surface area contributed by atoms with Crippen LogP contribution < -0.4 is 5.32 Å². The molecule has 0 aliphatic heterocycles. The van der Waals surface area contributed by atoms with Gasteiger partial charge in [-0.3, -0.25) is 9.97 Å². The van der Waals surface area contributed by atoms with Crippen molar-refractivity contribution in [1.29, 1.82) is 0 Å². The minimum absolute atomic E-state index is 0.251. The van der Waals surface area contributed by atoms with Crippen molar-refractivity contribution in [3.8, 4) is 0 Å². The molecule has 2 heterocycles. The van der Waals surface area contributed by atoms with E-state index in [2.05, 4.69) is 39.7 Å². The minimum Gasteiger partial charge on any atom is -0.308 e. The Kier molecular flexibility index (Phi) is 4.13. The van der Waals surface area contributed by atoms with E-state index < -0.39 is 0 Å². The number of rotatable bonds is 5. The molecule has 1 atom stereocenters. The molecule has 0 radical (unpaired) electrons. The quantitative estimate of drug-likeness (QED) is 0.911. The van der Waals surface area contributed by atoms with Crippen LogP contribution in [0, 0.1) is 0 Å². The fourth-order valence-electron chi connectivity index (χ4n) is 3.13. The number of nitrogens with one attached hydrogen (secondary N) is 1. The average Bonchev–Trinajstić information content (AvgIpc) is 3.17. The zero-order chi connectivity index (χ0) is 13.8. The highest BCUT2D eigenvalue weighted by Crippen LogP contribution is 2.42. The summed E-state index contributed by atoms with van der Waals surface area (Å²) in [5, 5.41) is 5.87. The molecule has 2 aromatic rings. The van der Waals surface area contributed by atoms with Gasteiger partial charge in [-0.25, -0.2) is 0 Å². The van der Waals surface area contributed by atoms with Crippen LogP contribution in [0.1, 0.15) is 49.2 Å². The third-order valence-corrected chi connectivity index (χ3v) is 5.49. The summed E-state index contributed by atoms with van der Waals surface area (Å²) in [5.41, 5.74) is 1.36. The highest BCUT2D eigenvalue weighted by molar-refractivity contribution is 7.10. The molecule has 1 N–H and O–H groups in total. The standard InChI is InChI=1S/C16H21N3S/c1-13(14-11-17-8-9-18-14)19-12-16(6-2-3-7-16)15-5-4-10-20-15/h4-5,8-11,13,19H,2-3,6-7,12H2,1H3/t13-/m0/s1. The van der Waals surface area contributed by atoms with E-state index >= 15 is 0 Å². The number of aromatic nitrogens is 2. The van der Waals surface area contributed by atoms with E-state index in [1.807, 2.05) is 17.5 Å². The molecule has 106 valence electrons. The molecule has 0 bridgehead atoms. The van der Waals surface area contributed by atoms with Gasteiger partial charge in [0, 0.05) is 41.5 Å². The van der Waals surface area contributed by atoms with Crippen LogP contribution in [0.5, 0.6) is 0 Å². The molecule has 1 aliphatic rings. The molecule has 0 unspecified atom stereocenters. The lowest BCUT2D eigenvalue weighted by Gasteiger charge is -2.30. The van der Waals surface area contributed by atoms with E-state index in [-0.39, 0.29) is 6.04 Å². The second-order valence-corrected chi connectivity index (χ2v) is 6.65. The molecule has 1 saturated carbocycles. The largest absolute Gasteiger partial charge is 0.308 e. The summed E-state index contributed by atoms with van der Waals surface area (Å²) < 4.78 is 0. The normalized spacial score (nSPS) is 19.1. The summed E-state index contributed by atoms with van der Waals surface area (Å²) in [5.74, 6) is 0. The van der Waals surface area contributed by atoms with E-state index in [9.17, 15) is 0 Å². The Labute approximate surface area is 124 Å². The lowest BCUT2D eigenvalue weighted by molar-refractivity contribution is 0.386. The van der Waals surface area contributed by atoms with Crippen molar-refractivity contribution in [2.24, 2.45) is 0 Å². The van der Waals surface area contributed by atoms with Crippen LogP contribution in [0.4, 0.5) is 0 Å². The highest BCUT2D eigenvalue weighted by Gasteiger charge is 2.36. The number of hydrogen-bond donors (Lipinski definition) is 1. The monoisotopic (exact) mass is 287 g/mol. The fourth-order valence-corrected chi connectivity index (χ4v) is 4.12. The van der Waals surface area contributed by atoms with Crippen molar-refractivity contribution in [2.45, 2.75) is 44.1 Å². The number of thiophene rings is 1. The Hall–Kier alpha value is -1.26. The van der Waals surface area contributed by atoms with Gasteiger partial charge in [-0.1, -0.05) is 18.9 Å². The molecule has 20 heavy (non-hydrogen) atoms. The first-order valence-electron chi connectivity index (χ1n) is 7.33. The maximum Gasteiger partial charge on any atom is 0.0753 e. The number of nitrogens with zero attached hydrogens (tertiary/aromatic N) is 2. The number of hydrogen-bond acceptors (Lipinski definition) is 4. The Morgan fingerprint density at radius 1 is 1.35 bits per heavy atom. The lowest BCUT2D eigenvalue weighted by Crippen LogP contribution is -2.36. The van der Waals surface area contributed by atoms with Crippen LogP contribution in [0.25, 0.3) is 0 Å². The second kappa shape index (κ2) is 6.02. The van der Waals surface area contributed by atoms with E-state index in [1.54, 1.807) is 12.4 Å². The summed E-state index contributed by atoms with van der Waals surface area (Å²) in [7, 11) is 0. The van der Waals surface area contributed by atoms with Crippen LogP contribution in [0.15, 0.2) is 36.1 Å². The van der Waals surface area contributed by atoms with Crippen LogP contribution in [0.2, 0.25) is 0 Å². The van der Waals surface area contributed by atoms with Gasteiger partial charge in [0.1, 0.15) is 0 Å². The van der Waals surface area contributed by atoms with Gasteiger partial charge in [0.25, 0.3) is 0 Å². The van der Waals surface area contributed by atoms with Crippen LogP contribution in [-0.4, -0.2) is 16.5 Å². The third kappa shape index (κ3) is 2.76. The molecule has 4 heteroatoms. The molecule has 1 aliphatic carbocycles. The van der Waals surface area contributed by atoms with Gasteiger partial charge in [0.05, 0.1) is 5.69 Å². The van der Waals surface area contributed by atoms with E-state index in [0.717, 1.165) is 12.2 Å². The van der Waals surface area contributed by atoms with Crippen molar-refractivity contribution in [3.05, 3.63) is 46.7 Å². The first-order chi connectivity index (χ1) is 9.80. The van der Waals surface area contributed by atoms with Gasteiger partial charge >= 0.3 is 0 Å². The van der Waals surface area contributed by atoms with Crippen molar-refractivity contribution in [2.75, 3.05) is 6.54 Å². The van der Waals surface area contributed by atoms with E-state index in [1.165, 1.54) is 30.6 Å². The predicted octanol–water partition coefficient (Wildman–Crippen LogP) is 3.70. The second-order valence-electron chi connectivity index (χ2n) is 5.70. The first-order valence-corrected chi connectivity index (χ1v) is 8.21. The lowest BCUT2D eigenvalue weighted by atomic mass is 9.84. The maximum atomic E-state index is 4.39. The van der Waals surface area contributed by atoms with Gasteiger partial charge in [0.15, 0.2) is 0 Å². The Bertz CT molecular complexity index is 518. The maximum absolute atomic E-state index is 4.39. The molecular formula is C16H21N3S. The van der Waals surface area contributed by atoms with E-state index in [0.29, 0.717) is 5.41 Å². The van der Waals surface area contributed by atoms with Crippen LogP contribution >= 0.6 is 11.3 Å². The molecule has 0 amide bonds. The third-order valence-electron chi connectivity index (χ3n) is 4.38. The highest BCUT2D eigenvalue weighted by atomic mass is 32.1. The summed E-state index contributed by atoms with van der Waals surface area (Å²) in [6.07, 6.45) is 10.6. The molecule has 0 spiro atoms. The first kappa shape index (κ1) is 13.7. The summed E-state index contributed by atoms with van der Waals surface area (Å²) in [4.78, 5) is 10.1. The SMILES string of the molecule is C[C@H](NCC1(c2cccs2)CCCC1)c1cnccn1. The summed E-state index contributed by atoms with van der Waals surface area (Å²) in [6, 6.07) is 4.72. The smallest absolute Gasteiger partial charge is 0.0753 e. The van der Waals surface area contributed by atoms with Crippen molar-refractivity contribution in [3.63, 3.8) is 0 Å². The van der Waals surface area contributed by atoms with Crippen molar-refractivity contribution in [1.82, 2.24) is 15.3 Å². The van der Waals surface area contributed by atoms with Crippen LogP contribution in [0.3, 0.4) is 0 Å². The fraction of sp³-hybridized carbons (Fsp3) is 0.500. The van der Waals surface area contributed by atoms with Gasteiger partial charge in [-0.05, 0) is 31.2 Å². The minimum atomic E-state index is 0.251. The summed E-state index contributed by atoms with van der Waals surface area (Å²) >= 11 is 1.90. The summed E-state index contributed by atoms with van der Waals surface area (Å²) in [6.45, 7) is 3.20. The van der Waals surface area contributed by atoms with Gasteiger partial charge in [-0.15, -0.1) is 11.3 Å². The zero-order valence-corrected chi connectivity index (χ0v) is 12.7. The average molecular weight is 287 g/mol. The molecule has 2 aromatic heterocycles. The Balaban J connectivity index is 1.69. The van der Waals surface area contributed by atoms with Gasteiger partial charge < -0.3 is 5.32 Å². The molecule has 0 aromatic carbocycles. The Morgan fingerprint density at radius 3 is 2.85 bits per heavy atom. The molecule has 1 fully saturated rings. The van der Waals surface area contributed by atoms with Crippen molar-refractivity contribution >= 4 is 11.3 Å². The molecule has 0 saturated heterocycles. The Morgan fingerprint density at radius 2 is 2.20 bits per heavy atom. The predicted molar refractivity (Wildman–Crippen MR) is 82.9 cm³/mol. The van der Waals surface area contributed by atoms with Gasteiger partial charge in [-0.2, -0.15) is 0 Å². The van der Waals surface area contributed by atoms with Gasteiger partial charge in [0.2, 0.25) is 0 Å². The van der Waals surface area contributed by atoms with E-state index in [4.69, 9.17) is 0 Å². The molecule has 3 nitrogen and oxygen atoms in total. The topological polar surface area (TPSA) is 37.8 Å². The molecular weight excluding hydrogens is 266 g/mol.